The molecule has 1 saturated heterocycles. The number of nitrogen functional groups attached to an aromatic ring is 1. The van der Waals surface area contributed by atoms with Crippen molar-refractivity contribution < 1.29 is 8.42 Å². The van der Waals surface area contributed by atoms with Gasteiger partial charge in [-0.2, -0.15) is 0 Å². The van der Waals surface area contributed by atoms with Crippen LogP contribution < -0.4 is 11.1 Å². The molecule has 1 aromatic carbocycles. The zero-order chi connectivity index (χ0) is 12.5. The summed E-state index contributed by atoms with van der Waals surface area (Å²) in [5.41, 5.74) is 8.42. The highest BCUT2D eigenvalue weighted by atomic mass is 32.2. The van der Waals surface area contributed by atoms with E-state index in [1.807, 2.05) is 25.1 Å². The SMILES string of the molecule is Cc1ccc(N)c(NCC2CCCS2(=O)=O)c1. The Hall–Kier alpha value is -1.23. The van der Waals surface area contributed by atoms with Gasteiger partial charge in [0.15, 0.2) is 9.84 Å². The summed E-state index contributed by atoms with van der Waals surface area (Å²) in [7, 11) is -2.88. The van der Waals surface area contributed by atoms with Gasteiger partial charge in [0.05, 0.1) is 22.4 Å². The topological polar surface area (TPSA) is 72.2 Å². The van der Waals surface area contributed by atoms with Gasteiger partial charge < -0.3 is 11.1 Å². The van der Waals surface area contributed by atoms with Crippen molar-refractivity contribution in [3.8, 4) is 0 Å². The first-order valence-corrected chi connectivity index (χ1v) is 7.52. The number of benzene rings is 1. The zero-order valence-electron chi connectivity index (χ0n) is 9.94. The van der Waals surface area contributed by atoms with Gasteiger partial charge in [0, 0.05) is 6.54 Å². The van der Waals surface area contributed by atoms with E-state index in [1.165, 1.54) is 0 Å². The molecule has 1 atom stereocenters. The van der Waals surface area contributed by atoms with Gasteiger partial charge in [0.25, 0.3) is 0 Å². The average Bonchev–Trinajstić information content (AvgIpc) is 2.59. The van der Waals surface area contributed by atoms with E-state index in [9.17, 15) is 8.42 Å². The molecule has 0 amide bonds. The second kappa shape index (κ2) is 4.56. The highest BCUT2D eigenvalue weighted by Crippen LogP contribution is 2.23. The summed E-state index contributed by atoms with van der Waals surface area (Å²) in [6.07, 6.45) is 1.53. The summed E-state index contributed by atoms with van der Waals surface area (Å²) >= 11 is 0. The van der Waals surface area contributed by atoms with Gasteiger partial charge in [0.2, 0.25) is 0 Å². The van der Waals surface area contributed by atoms with Crippen LogP contribution in [0.3, 0.4) is 0 Å². The molecule has 1 heterocycles. The number of nitrogens with two attached hydrogens (primary N) is 1. The van der Waals surface area contributed by atoms with Crippen molar-refractivity contribution in [2.75, 3.05) is 23.3 Å². The molecule has 1 aliphatic heterocycles. The maximum absolute atomic E-state index is 11.7. The third-order valence-electron chi connectivity index (χ3n) is 3.19. The number of nitrogens with one attached hydrogen (secondary N) is 1. The first-order chi connectivity index (χ1) is 7.99. The molecule has 17 heavy (non-hydrogen) atoms. The molecule has 4 nitrogen and oxygen atoms in total. The lowest BCUT2D eigenvalue weighted by Crippen LogP contribution is -2.25. The lowest BCUT2D eigenvalue weighted by atomic mass is 10.2. The Labute approximate surface area is 102 Å². The van der Waals surface area contributed by atoms with E-state index in [1.54, 1.807) is 0 Å². The lowest BCUT2D eigenvalue weighted by molar-refractivity contribution is 0.591. The molecule has 0 bridgehead atoms. The smallest absolute Gasteiger partial charge is 0.154 e. The van der Waals surface area contributed by atoms with Crippen molar-refractivity contribution in [1.29, 1.82) is 0 Å². The fraction of sp³-hybridized carbons (Fsp3) is 0.500. The number of sulfone groups is 1. The summed E-state index contributed by atoms with van der Waals surface area (Å²) in [5, 5.41) is 2.89. The molecule has 2 rings (SSSR count). The maximum atomic E-state index is 11.7. The van der Waals surface area contributed by atoms with Gasteiger partial charge in [-0.05, 0) is 37.5 Å². The van der Waals surface area contributed by atoms with Gasteiger partial charge in [0.1, 0.15) is 0 Å². The molecule has 1 aliphatic rings. The number of hydrogen-bond donors (Lipinski definition) is 2. The summed E-state index contributed by atoms with van der Waals surface area (Å²) in [4.78, 5) is 0. The molecule has 1 aromatic rings. The van der Waals surface area contributed by atoms with Crippen LogP contribution in [0.25, 0.3) is 0 Å². The molecule has 0 aromatic heterocycles. The quantitative estimate of drug-likeness (QED) is 0.803. The monoisotopic (exact) mass is 254 g/mol. The second-order valence-electron chi connectivity index (χ2n) is 4.60. The minimum Gasteiger partial charge on any atom is -0.397 e. The molecule has 0 radical (unpaired) electrons. The molecule has 0 aliphatic carbocycles. The molecule has 94 valence electrons. The van der Waals surface area contributed by atoms with Crippen LogP contribution in [0.15, 0.2) is 18.2 Å². The Bertz CT molecular complexity index is 511. The Balaban J connectivity index is 2.05. The number of anilines is 2. The van der Waals surface area contributed by atoms with E-state index in [0.29, 0.717) is 18.0 Å². The van der Waals surface area contributed by atoms with Crippen LogP contribution >= 0.6 is 0 Å². The Kier molecular flexibility index (Phi) is 3.28. The highest BCUT2D eigenvalue weighted by Gasteiger charge is 2.30. The van der Waals surface area contributed by atoms with E-state index in [-0.39, 0.29) is 5.25 Å². The van der Waals surface area contributed by atoms with Gasteiger partial charge in [-0.3, -0.25) is 0 Å². The highest BCUT2D eigenvalue weighted by molar-refractivity contribution is 7.92. The van der Waals surface area contributed by atoms with Crippen LogP contribution in [-0.2, 0) is 9.84 Å². The zero-order valence-corrected chi connectivity index (χ0v) is 10.8. The summed E-state index contributed by atoms with van der Waals surface area (Å²) in [5.74, 6) is 0.322. The Morgan fingerprint density at radius 1 is 1.47 bits per heavy atom. The first kappa shape index (κ1) is 12.2. The van der Waals surface area contributed by atoms with Crippen molar-refractivity contribution >= 4 is 21.2 Å². The number of aryl methyl sites for hydroxylation is 1. The van der Waals surface area contributed by atoms with E-state index in [2.05, 4.69) is 5.32 Å². The van der Waals surface area contributed by atoms with Crippen molar-refractivity contribution in [3.05, 3.63) is 23.8 Å². The van der Waals surface area contributed by atoms with Crippen LogP contribution in [0.4, 0.5) is 11.4 Å². The standard InChI is InChI=1S/C12H18N2O2S/c1-9-4-5-11(13)12(7-9)14-8-10-3-2-6-17(10,15)16/h4-5,7,10,14H,2-3,6,8,13H2,1H3. The predicted molar refractivity (Wildman–Crippen MR) is 70.9 cm³/mol. The van der Waals surface area contributed by atoms with Crippen LogP contribution in [0, 0.1) is 6.92 Å². The molecule has 1 fully saturated rings. The Morgan fingerprint density at radius 2 is 2.24 bits per heavy atom. The lowest BCUT2D eigenvalue weighted by Gasteiger charge is -2.14. The molecule has 5 heteroatoms. The second-order valence-corrected chi connectivity index (χ2v) is 7.00. The van der Waals surface area contributed by atoms with Crippen molar-refractivity contribution in [1.82, 2.24) is 0 Å². The van der Waals surface area contributed by atoms with E-state index >= 15 is 0 Å². The van der Waals surface area contributed by atoms with Gasteiger partial charge in [-0.25, -0.2) is 8.42 Å². The van der Waals surface area contributed by atoms with Gasteiger partial charge >= 0.3 is 0 Å². The largest absolute Gasteiger partial charge is 0.397 e. The Morgan fingerprint density at radius 3 is 2.88 bits per heavy atom. The van der Waals surface area contributed by atoms with Crippen LogP contribution in [0.1, 0.15) is 18.4 Å². The predicted octanol–water partition coefficient (Wildman–Crippen LogP) is 1.57. The minimum absolute atomic E-state index is 0.262. The fourth-order valence-electron chi connectivity index (χ4n) is 2.13. The molecule has 0 saturated carbocycles. The van der Waals surface area contributed by atoms with Crippen molar-refractivity contribution in [3.63, 3.8) is 0 Å². The van der Waals surface area contributed by atoms with E-state index in [4.69, 9.17) is 5.73 Å². The average molecular weight is 254 g/mol. The van der Waals surface area contributed by atoms with Crippen molar-refractivity contribution in [2.45, 2.75) is 25.0 Å². The minimum atomic E-state index is -2.88. The molecule has 0 spiro atoms. The number of hydrogen-bond acceptors (Lipinski definition) is 4. The van der Waals surface area contributed by atoms with Crippen LogP contribution in [-0.4, -0.2) is 26.0 Å². The first-order valence-electron chi connectivity index (χ1n) is 5.80. The van der Waals surface area contributed by atoms with Crippen LogP contribution in [0.2, 0.25) is 0 Å². The molecular weight excluding hydrogens is 236 g/mol. The maximum Gasteiger partial charge on any atom is 0.154 e. The molecule has 1 unspecified atom stereocenters. The summed E-state index contributed by atoms with van der Waals surface area (Å²) < 4.78 is 23.3. The summed E-state index contributed by atoms with van der Waals surface area (Å²) in [6.45, 7) is 2.44. The van der Waals surface area contributed by atoms with Crippen LogP contribution in [0.5, 0.6) is 0 Å². The molecule has 3 N–H and O–H groups in total. The fourth-order valence-corrected chi connectivity index (χ4v) is 3.90. The van der Waals surface area contributed by atoms with E-state index in [0.717, 1.165) is 24.1 Å². The van der Waals surface area contributed by atoms with E-state index < -0.39 is 9.84 Å². The summed E-state index contributed by atoms with van der Waals surface area (Å²) in [6, 6.07) is 5.71. The third-order valence-corrected chi connectivity index (χ3v) is 5.47. The number of rotatable bonds is 3. The van der Waals surface area contributed by atoms with Gasteiger partial charge in [-0.1, -0.05) is 6.07 Å². The van der Waals surface area contributed by atoms with Gasteiger partial charge in [-0.15, -0.1) is 0 Å². The third kappa shape index (κ3) is 2.72. The van der Waals surface area contributed by atoms with Crippen molar-refractivity contribution in [2.24, 2.45) is 0 Å². The normalized spacial score (nSPS) is 22.5. The molecular formula is C12H18N2O2S.